The van der Waals surface area contributed by atoms with Crippen molar-refractivity contribution in [1.29, 1.82) is 0 Å². The van der Waals surface area contributed by atoms with Crippen LogP contribution in [-0.4, -0.2) is 24.0 Å². The predicted molar refractivity (Wildman–Crippen MR) is 160 cm³/mol. The number of carbonyl (C=O) groups excluding carboxylic acids is 1. The summed E-state index contributed by atoms with van der Waals surface area (Å²) in [6, 6.07) is 24.2. The lowest BCUT2D eigenvalue weighted by Gasteiger charge is -2.33. The molecule has 2 unspecified atom stereocenters. The van der Waals surface area contributed by atoms with Gasteiger partial charge < -0.3 is 15.5 Å². The Kier molecular flexibility index (Phi) is 8.33. The normalized spacial score (nSPS) is 16.7. The van der Waals surface area contributed by atoms with E-state index >= 15 is 0 Å². The SMILES string of the molecule is CC1CCCN(c2ccc(C(C)NC(=S)Nc3cccc(C(=O)c4ccc(C(C)(C)C)cc4)c3)cc2)C1. The van der Waals surface area contributed by atoms with Gasteiger partial charge in [-0.3, -0.25) is 4.79 Å². The monoisotopic (exact) mass is 513 g/mol. The van der Waals surface area contributed by atoms with Crippen molar-refractivity contribution in [3.63, 3.8) is 0 Å². The van der Waals surface area contributed by atoms with Crippen molar-refractivity contribution in [2.75, 3.05) is 23.3 Å². The largest absolute Gasteiger partial charge is 0.371 e. The number of nitrogens with zero attached hydrogens (tertiary/aromatic N) is 1. The van der Waals surface area contributed by atoms with Crippen molar-refractivity contribution in [3.05, 3.63) is 95.1 Å². The number of nitrogens with one attached hydrogen (secondary N) is 2. The van der Waals surface area contributed by atoms with Gasteiger partial charge in [0.1, 0.15) is 0 Å². The summed E-state index contributed by atoms with van der Waals surface area (Å²) in [6.45, 7) is 13.2. The van der Waals surface area contributed by atoms with Crippen molar-refractivity contribution in [3.8, 4) is 0 Å². The van der Waals surface area contributed by atoms with Crippen LogP contribution in [0.25, 0.3) is 0 Å². The van der Waals surface area contributed by atoms with Gasteiger partial charge in [0.05, 0.1) is 6.04 Å². The molecule has 3 aromatic rings. The number of ketones is 1. The second-order valence-corrected chi connectivity index (χ2v) is 11.8. The number of hydrogen-bond acceptors (Lipinski definition) is 3. The van der Waals surface area contributed by atoms with Crippen LogP contribution in [0.2, 0.25) is 0 Å². The third-order valence-corrected chi connectivity index (χ3v) is 7.38. The first-order valence-electron chi connectivity index (χ1n) is 13.3. The van der Waals surface area contributed by atoms with E-state index in [1.165, 1.54) is 29.7 Å². The van der Waals surface area contributed by atoms with E-state index in [0.29, 0.717) is 16.2 Å². The minimum atomic E-state index is -0.000422. The molecule has 1 saturated heterocycles. The van der Waals surface area contributed by atoms with E-state index in [-0.39, 0.29) is 17.2 Å². The Hall–Kier alpha value is -3.18. The summed E-state index contributed by atoms with van der Waals surface area (Å²) in [7, 11) is 0. The van der Waals surface area contributed by atoms with Crippen molar-refractivity contribution < 1.29 is 4.79 Å². The molecule has 0 bridgehead atoms. The van der Waals surface area contributed by atoms with Gasteiger partial charge in [0, 0.05) is 35.6 Å². The number of thiocarbonyl (C=S) groups is 1. The fourth-order valence-electron chi connectivity index (χ4n) is 4.87. The van der Waals surface area contributed by atoms with Crippen molar-refractivity contribution in [1.82, 2.24) is 5.32 Å². The van der Waals surface area contributed by atoms with E-state index < -0.39 is 0 Å². The van der Waals surface area contributed by atoms with E-state index in [1.54, 1.807) is 0 Å². The van der Waals surface area contributed by atoms with E-state index in [4.69, 9.17) is 12.2 Å². The van der Waals surface area contributed by atoms with Crippen LogP contribution in [0.1, 0.15) is 80.6 Å². The van der Waals surface area contributed by atoms with Gasteiger partial charge in [0.2, 0.25) is 0 Å². The van der Waals surface area contributed by atoms with Crippen LogP contribution in [0.15, 0.2) is 72.8 Å². The Labute approximate surface area is 227 Å². The topological polar surface area (TPSA) is 44.4 Å². The molecule has 1 aliphatic rings. The zero-order valence-corrected chi connectivity index (χ0v) is 23.5. The summed E-state index contributed by atoms with van der Waals surface area (Å²) < 4.78 is 0. The molecule has 0 amide bonds. The summed E-state index contributed by atoms with van der Waals surface area (Å²) in [5.41, 5.74) is 5.84. The van der Waals surface area contributed by atoms with Crippen molar-refractivity contribution >= 4 is 34.5 Å². The lowest BCUT2D eigenvalue weighted by molar-refractivity contribution is 0.103. The maximum atomic E-state index is 13.1. The number of hydrogen-bond donors (Lipinski definition) is 2. The molecular weight excluding hydrogens is 474 g/mol. The van der Waals surface area contributed by atoms with Gasteiger partial charge in [-0.25, -0.2) is 0 Å². The average molecular weight is 514 g/mol. The van der Waals surface area contributed by atoms with E-state index in [1.807, 2.05) is 48.5 Å². The number of piperidine rings is 1. The van der Waals surface area contributed by atoms with Gasteiger partial charge in [0.25, 0.3) is 0 Å². The zero-order valence-electron chi connectivity index (χ0n) is 22.7. The number of benzene rings is 3. The lowest BCUT2D eigenvalue weighted by Crippen LogP contribution is -2.34. The molecule has 0 saturated carbocycles. The van der Waals surface area contributed by atoms with Crippen LogP contribution in [0.5, 0.6) is 0 Å². The Morgan fingerprint density at radius 2 is 1.70 bits per heavy atom. The molecule has 1 heterocycles. The van der Waals surface area contributed by atoms with E-state index in [9.17, 15) is 4.79 Å². The Balaban J connectivity index is 1.36. The molecule has 0 aromatic heterocycles. The summed E-state index contributed by atoms with van der Waals surface area (Å²) in [4.78, 5) is 15.6. The second-order valence-electron chi connectivity index (χ2n) is 11.3. The predicted octanol–water partition coefficient (Wildman–Crippen LogP) is 7.50. The highest BCUT2D eigenvalue weighted by Gasteiger charge is 2.18. The number of anilines is 2. The van der Waals surface area contributed by atoms with Gasteiger partial charge in [-0.1, -0.05) is 76.2 Å². The van der Waals surface area contributed by atoms with Crippen LogP contribution < -0.4 is 15.5 Å². The minimum absolute atomic E-state index is 0.000422. The summed E-state index contributed by atoms with van der Waals surface area (Å²) >= 11 is 5.59. The molecule has 37 heavy (non-hydrogen) atoms. The van der Waals surface area contributed by atoms with Gasteiger partial charge in [-0.05, 0) is 78.7 Å². The molecule has 1 aliphatic heterocycles. The molecule has 194 valence electrons. The third kappa shape index (κ3) is 6.98. The average Bonchev–Trinajstić information content (AvgIpc) is 2.88. The fourth-order valence-corrected chi connectivity index (χ4v) is 5.17. The van der Waals surface area contributed by atoms with Crippen molar-refractivity contribution in [2.24, 2.45) is 5.92 Å². The highest BCUT2D eigenvalue weighted by atomic mass is 32.1. The maximum absolute atomic E-state index is 13.1. The molecule has 0 spiro atoms. The Morgan fingerprint density at radius 1 is 1.00 bits per heavy atom. The van der Waals surface area contributed by atoms with Crippen LogP contribution in [0.3, 0.4) is 0 Å². The van der Waals surface area contributed by atoms with E-state index in [2.05, 4.69) is 74.4 Å². The first-order chi connectivity index (χ1) is 17.6. The number of rotatable bonds is 6. The van der Waals surface area contributed by atoms with Gasteiger partial charge in [-0.2, -0.15) is 0 Å². The molecule has 5 heteroatoms. The smallest absolute Gasteiger partial charge is 0.193 e. The Morgan fingerprint density at radius 3 is 2.35 bits per heavy atom. The standard InChI is InChI=1S/C32H39N3OS/c1-22-8-7-19-35(21-22)29-17-13-24(14-18-29)23(2)33-31(37)34-28-10-6-9-26(20-28)30(36)25-11-15-27(16-12-25)32(3,4)5/h6,9-18,20,22-23H,7-8,19,21H2,1-5H3,(H2,33,34,37). The quantitative estimate of drug-likeness (QED) is 0.264. The number of carbonyl (C=O) groups is 1. The second kappa shape index (κ2) is 11.5. The first-order valence-corrected chi connectivity index (χ1v) is 13.7. The summed E-state index contributed by atoms with van der Waals surface area (Å²) in [5.74, 6) is 0.750. The van der Waals surface area contributed by atoms with Crippen LogP contribution in [0.4, 0.5) is 11.4 Å². The van der Waals surface area contributed by atoms with E-state index in [0.717, 1.165) is 24.7 Å². The molecule has 2 N–H and O–H groups in total. The van der Waals surface area contributed by atoms with Gasteiger partial charge in [0.15, 0.2) is 10.9 Å². The summed E-state index contributed by atoms with van der Waals surface area (Å²) in [5, 5.41) is 7.15. The van der Waals surface area contributed by atoms with Gasteiger partial charge >= 0.3 is 0 Å². The molecule has 4 nitrogen and oxygen atoms in total. The molecule has 3 aromatic carbocycles. The van der Waals surface area contributed by atoms with Gasteiger partial charge in [-0.15, -0.1) is 0 Å². The fraction of sp³-hybridized carbons (Fsp3) is 0.375. The minimum Gasteiger partial charge on any atom is -0.371 e. The molecule has 4 rings (SSSR count). The highest BCUT2D eigenvalue weighted by Crippen LogP contribution is 2.25. The molecule has 0 aliphatic carbocycles. The summed E-state index contributed by atoms with van der Waals surface area (Å²) in [6.07, 6.45) is 2.58. The molecule has 2 atom stereocenters. The van der Waals surface area contributed by atoms with Crippen molar-refractivity contribution in [2.45, 2.75) is 58.9 Å². The van der Waals surface area contributed by atoms with Crippen LogP contribution >= 0.6 is 12.2 Å². The zero-order chi connectivity index (χ0) is 26.6. The van der Waals surface area contributed by atoms with Crippen LogP contribution in [-0.2, 0) is 5.41 Å². The third-order valence-electron chi connectivity index (χ3n) is 7.16. The maximum Gasteiger partial charge on any atom is 0.193 e. The Bertz CT molecular complexity index is 1230. The van der Waals surface area contributed by atoms with Crippen LogP contribution in [0, 0.1) is 5.92 Å². The first kappa shape index (κ1) is 26.9. The molecule has 0 radical (unpaired) electrons. The lowest BCUT2D eigenvalue weighted by atomic mass is 9.86. The molecular formula is C32H39N3OS. The molecule has 1 fully saturated rings. The highest BCUT2D eigenvalue weighted by molar-refractivity contribution is 7.80.